The summed E-state index contributed by atoms with van der Waals surface area (Å²) in [7, 11) is -3.87. The van der Waals surface area contributed by atoms with E-state index in [0.29, 0.717) is 10.1 Å². The number of hydrogen-bond acceptors (Lipinski definition) is 5. The standard InChI is InChI=1S/C17H15ClN2O4S2/c1-11(24-14-7-6-12-4-2-3-5-13(12)10-14)17(21)19-20-26(22,23)16-9-8-15(18)25-16/h2-11,20H,1H3,(H,19,21)/t11-/m0/s1. The summed E-state index contributed by atoms with van der Waals surface area (Å²) in [6, 6.07) is 16.0. The molecule has 0 bridgehead atoms. The molecule has 3 rings (SSSR count). The molecule has 1 atom stereocenters. The van der Waals surface area contributed by atoms with E-state index in [1.807, 2.05) is 41.2 Å². The number of ether oxygens (including phenoxy) is 1. The summed E-state index contributed by atoms with van der Waals surface area (Å²) in [5.74, 6) is -0.108. The van der Waals surface area contributed by atoms with Crippen LogP contribution in [-0.2, 0) is 14.8 Å². The van der Waals surface area contributed by atoms with Crippen LogP contribution in [0.1, 0.15) is 6.92 Å². The van der Waals surface area contributed by atoms with Crippen molar-refractivity contribution in [2.75, 3.05) is 0 Å². The predicted octanol–water partition coefficient (Wildman–Crippen LogP) is 3.33. The van der Waals surface area contributed by atoms with Crippen LogP contribution in [0.5, 0.6) is 5.75 Å². The molecular weight excluding hydrogens is 396 g/mol. The van der Waals surface area contributed by atoms with Crippen molar-refractivity contribution in [3.63, 3.8) is 0 Å². The number of thiophene rings is 1. The summed E-state index contributed by atoms with van der Waals surface area (Å²) in [4.78, 5) is 14.1. The number of carbonyl (C=O) groups is 1. The van der Waals surface area contributed by atoms with Crippen LogP contribution in [0.15, 0.2) is 58.8 Å². The average molecular weight is 411 g/mol. The molecule has 0 aliphatic rings. The van der Waals surface area contributed by atoms with Crippen molar-refractivity contribution in [1.82, 2.24) is 10.3 Å². The zero-order chi connectivity index (χ0) is 18.7. The third-order valence-electron chi connectivity index (χ3n) is 3.53. The molecule has 0 saturated heterocycles. The number of amides is 1. The van der Waals surface area contributed by atoms with E-state index in [-0.39, 0.29) is 4.21 Å². The van der Waals surface area contributed by atoms with Crippen LogP contribution in [0, 0.1) is 0 Å². The van der Waals surface area contributed by atoms with Crippen LogP contribution >= 0.6 is 22.9 Å². The predicted molar refractivity (Wildman–Crippen MR) is 102 cm³/mol. The summed E-state index contributed by atoms with van der Waals surface area (Å²) < 4.78 is 30.1. The molecule has 0 aliphatic heterocycles. The fraction of sp³-hybridized carbons (Fsp3) is 0.118. The molecule has 9 heteroatoms. The lowest BCUT2D eigenvalue weighted by Crippen LogP contribution is -2.46. The van der Waals surface area contributed by atoms with Crippen LogP contribution in [0.4, 0.5) is 0 Å². The quantitative estimate of drug-likeness (QED) is 0.610. The van der Waals surface area contributed by atoms with Crippen LogP contribution in [0.2, 0.25) is 4.34 Å². The number of nitrogens with one attached hydrogen (secondary N) is 2. The lowest BCUT2D eigenvalue weighted by Gasteiger charge is -2.15. The van der Waals surface area contributed by atoms with Crippen molar-refractivity contribution in [1.29, 1.82) is 0 Å². The van der Waals surface area contributed by atoms with Gasteiger partial charge in [0.15, 0.2) is 6.10 Å². The second kappa shape index (κ2) is 7.63. The molecule has 26 heavy (non-hydrogen) atoms. The van der Waals surface area contributed by atoms with Gasteiger partial charge in [0, 0.05) is 0 Å². The molecule has 3 aromatic rings. The lowest BCUT2D eigenvalue weighted by molar-refractivity contribution is -0.127. The minimum Gasteiger partial charge on any atom is -0.481 e. The number of hydrogen-bond donors (Lipinski definition) is 2. The minimum absolute atomic E-state index is 0.00546. The van der Waals surface area contributed by atoms with Crippen molar-refractivity contribution in [2.24, 2.45) is 0 Å². The molecule has 136 valence electrons. The number of rotatable bonds is 6. The van der Waals surface area contributed by atoms with Gasteiger partial charge in [-0.1, -0.05) is 41.9 Å². The monoisotopic (exact) mass is 410 g/mol. The minimum atomic E-state index is -3.87. The molecule has 1 heterocycles. The maximum absolute atomic E-state index is 12.1. The second-order valence-corrected chi connectivity index (χ2v) is 9.05. The van der Waals surface area contributed by atoms with E-state index in [4.69, 9.17) is 16.3 Å². The van der Waals surface area contributed by atoms with Crippen LogP contribution in [-0.4, -0.2) is 20.4 Å². The highest BCUT2D eigenvalue weighted by molar-refractivity contribution is 7.91. The molecule has 0 unspecified atom stereocenters. The summed E-state index contributed by atoms with van der Waals surface area (Å²) in [5.41, 5.74) is 2.15. The number of hydrazine groups is 1. The van der Waals surface area contributed by atoms with E-state index in [1.54, 1.807) is 6.07 Å². The van der Waals surface area contributed by atoms with Crippen molar-refractivity contribution in [3.8, 4) is 5.75 Å². The summed E-state index contributed by atoms with van der Waals surface area (Å²) in [6.45, 7) is 1.53. The first kappa shape index (κ1) is 18.7. The van der Waals surface area contributed by atoms with Gasteiger partial charge in [-0.3, -0.25) is 10.2 Å². The highest BCUT2D eigenvalue weighted by atomic mass is 35.5. The Kier molecular flexibility index (Phi) is 5.47. The smallest absolute Gasteiger partial charge is 0.275 e. The van der Waals surface area contributed by atoms with Crippen LogP contribution in [0.3, 0.4) is 0 Å². The Morgan fingerprint density at radius 3 is 2.54 bits per heavy atom. The molecule has 1 amide bonds. The average Bonchev–Trinajstić information content (AvgIpc) is 3.07. The molecule has 6 nitrogen and oxygen atoms in total. The van der Waals surface area contributed by atoms with Gasteiger partial charge in [-0.05, 0) is 42.0 Å². The molecule has 2 aromatic carbocycles. The number of halogens is 1. The topological polar surface area (TPSA) is 84.5 Å². The van der Waals surface area contributed by atoms with E-state index in [9.17, 15) is 13.2 Å². The molecule has 0 fully saturated rings. The van der Waals surface area contributed by atoms with E-state index < -0.39 is 22.0 Å². The largest absolute Gasteiger partial charge is 0.481 e. The molecular formula is C17H15ClN2O4S2. The van der Waals surface area contributed by atoms with Gasteiger partial charge in [-0.25, -0.2) is 8.42 Å². The number of fused-ring (bicyclic) bond motifs is 1. The first-order chi connectivity index (χ1) is 12.3. The van der Waals surface area contributed by atoms with Gasteiger partial charge in [0.25, 0.3) is 15.9 Å². The Morgan fingerprint density at radius 1 is 1.12 bits per heavy atom. The summed E-state index contributed by atoms with van der Waals surface area (Å²) >= 11 is 6.62. The highest BCUT2D eigenvalue weighted by Gasteiger charge is 2.20. The van der Waals surface area contributed by atoms with Gasteiger partial charge in [-0.2, -0.15) is 0 Å². The second-order valence-electron chi connectivity index (χ2n) is 5.42. The lowest BCUT2D eigenvalue weighted by atomic mass is 10.1. The Hall–Kier alpha value is -2.13. The molecule has 0 spiro atoms. The van der Waals surface area contributed by atoms with Gasteiger partial charge >= 0.3 is 0 Å². The molecule has 0 aliphatic carbocycles. The van der Waals surface area contributed by atoms with E-state index >= 15 is 0 Å². The normalized spacial score (nSPS) is 12.7. The summed E-state index contributed by atoms with van der Waals surface area (Å²) in [6.07, 6.45) is -0.897. The van der Waals surface area contributed by atoms with Gasteiger partial charge in [-0.15, -0.1) is 16.2 Å². The zero-order valence-electron chi connectivity index (χ0n) is 13.6. The number of carbonyl (C=O) groups excluding carboxylic acids is 1. The number of sulfonamides is 1. The van der Waals surface area contributed by atoms with E-state index in [0.717, 1.165) is 22.1 Å². The van der Waals surface area contributed by atoms with Crippen molar-refractivity contribution < 1.29 is 17.9 Å². The fourth-order valence-corrected chi connectivity index (χ4v) is 4.54. The Balaban J connectivity index is 1.62. The first-order valence-electron chi connectivity index (χ1n) is 7.57. The molecule has 0 saturated carbocycles. The van der Waals surface area contributed by atoms with Crippen LogP contribution in [0.25, 0.3) is 10.8 Å². The maximum atomic E-state index is 12.1. The SMILES string of the molecule is C[C@H](Oc1ccc2ccccc2c1)C(=O)NNS(=O)(=O)c1ccc(Cl)s1. The maximum Gasteiger partial charge on any atom is 0.275 e. The van der Waals surface area contributed by atoms with E-state index in [1.165, 1.54) is 19.1 Å². The Bertz CT molecular complexity index is 1050. The summed E-state index contributed by atoms with van der Waals surface area (Å²) in [5, 5.41) is 2.03. The molecule has 0 radical (unpaired) electrons. The van der Waals surface area contributed by atoms with Crippen LogP contribution < -0.4 is 15.0 Å². The Morgan fingerprint density at radius 2 is 1.85 bits per heavy atom. The number of benzene rings is 2. The van der Waals surface area contributed by atoms with Crippen molar-refractivity contribution >= 4 is 49.6 Å². The Labute approximate surface area is 159 Å². The fourth-order valence-electron chi connectivity index (χ4n) is 2.21. The zero-order valence-corrected chi connectivity index (χ0v) is 16.0. The molecule has 2 N–H and O–H groups in total. The van der Waals surface area contributed by atoms with Gasteiger partial charge < -0.3 is 4.74 Å². The van der Waals surface area contributed by atoms with Crippen molar-refractivity contribution in [2.45, 2.75) is 17.2 Å². The third kappa shape index (κ3) is 4.34. The van der Waals surface area contributed by atoms with Crippen molar-refractivity contribution in [3.05, 3.63) is 58.9 Å². The molecule has 1 aromatic heterocycles. The highest BCUT2D eigenvalue weighted by Crippen LogP contribution is 2.25. The van der Waals surface area contributed by atoms with E-state index in [2.05, 4.69) is 5.43 Å². The van der Waals surface area contributed by atoms with Gasteiger partial charge in [0.2, 0.25) is 0 Å². The first-order valence-corrected chi connectivity index (χ1v) is 10.3. The third-order valence-corrected chi connectivity index (χ3v) is 6.50. The van der Waals surface area contributed by atoms with Gasteiger partial charge in [0.05, 0.1) is 4.34 Å². The van der Waals surface area contributed by atoms with Gasteiger partial charge in [0.1, 0.15) is 9.96 Å².